The quantitative estimate of drug-likeness (QED) is 0.425. The number of carbonyl (C=O) groups excluding carboxylic acids is 1. The van der Waals surface area contributed by atoms with E-state index in [4.69, 9.17) is 9.72 Å². The molecule has 0 radical (unpaired) electrons. The van der Waals surface area contributed by atoms with Crippen LogP contribution in [-0.4, -0.2) is 46.7 Å². The molecule has 2 aromatic rings. The van der Waals surface area contributed by atoms with Crippen LogP contribution < -0.4 is 10.2 Å². The fourth-order valence-corrected chi connectivity index (χ4v) is 5.99. The number of alkyl carbamates (subject to hydrolysis) is 1. The fraction of sp³-hybridized carbons (Fsp3) is 0.542. The molecular weight excluding hydrogens is 458 g/mol. The zero-order valence-corrected chi connectivity index (χ0v) is 21.5. The number of thioether (sulfide) groups is 1. The summed E-state index contributed by atoms with van der Waals surface area (Å²) in [4.78, 5) is 31.8. The summed E-state index contributed by atoms with van der Waals surface area (Å²) in [7, 11) is 0. The lowest BCUT2D eigenvalue weighted by Crippen LogP contribution is -2.38. The van der Waals surface area contributed by atoms with Crippen LogP contribution in [0.4, 0.5) is 15.3 Å². The Labute approximate surface area is 203 Å². The van der Waals surface area contributed by atoms with Crippen LogP contribution in [0.5, 0.6) is 0 Å². The SMILES string of the molecule is CSc1cc(N(C(=O)O)C(C)C)ccc1-c1cnc(C2CCC(NC(=O)OC(C)C)CC2)s1. The molecule has 0 atom stereocenters. The van der Waals surface area contributed by atoms with Crippen molar-refractivity contribution in [3.63, 3.8) is 0 Å². The summed E-state index contributed by atoms with van der Waals surface area (Å²) < 4.78 is 5.19. The maximum Gasteiger partial charge on any atom is 0.412 e. The van der Waals surface area contributed by atoms with Gasteiger partial charge in [0.25, 0.3) is 0 Å². The standard InChI is InChI=1S/C24H33N3O4S2/c1-14(2)27(24(29)30)18-10-11-19(20(12-18)32-5)21-13-25-22(33-21)16-6-8-17(9-7-16)26-23(28)31-15(3)4/h10-17H,6-9H2,1-5H3,(H,26,28)(H,29,30). The van der Waals surface area contributed by atoms with E-state index in [1.807, 2.05) is 58.3 Å². The predicted octanol–water partition coefficient (Wildman–Crippen LogP) is 6.59. The minimum Gasteiger partial charge on any atom is -0.465 e. The minimum absolute atomic E-state index is 0.118. The third-order valence-corrected chi connectivity index (χ3v) is 7.69. The van der Waals surface area contributed by atoms with Crippen molar-refractivity contribution in [3.8, 4) is 10.4 Å². The molecular formula is C24H33N3O4S2. The molecule has 0 bridgehead atoms. The molecule has 1 aliphatic rings. The van der Waals surface area contributed by atoms with Crippen LogP contribution >= 0.6 is 23.1 Å². The number of hydrogen-bond acceptors (Lipinski definition) is 6. The van der Waals surface area contributed by atoms with Gasteiger partial charge in [0.1, 0.15) is 0 Å². The maximum absolute atomic E-state index is 11.9. The second-order valence-electron chi connectivity index (χ2n) is 8.84. The van der Waals surface area contributed by atoms with E-state index in [1.54, 1.807) is 23.1 Å². The summed E-state index contributed by atoms with van der Waals surface area (Å²) >= 11 is 3.31. The maximum atomic E-state index is 11.9. The van der Waals surface area contributed by atoms with E-state index in [0.29, 0.717) is 11.6 Å². The van der Waals surface area contributed by atoms with Gasteiger partial charge in [-0.2, -0.15) is 0 Å². The van der Waals surface area contributed by atoms with Gasteiger partial charge in [0.2, 0.25) is 0 Å². The van der Waals surface area contributed by atoms with Gasteiger partial charge in [0.05, 0.1) is 16.0 Å². The Hall–Kier alpha value is -2.26. The first kappa shape index (κ1) is 25.4. The topological polar surface area (TPSA) is 91.8 Å². The van der Waals surface area contributed by atoms with Crippen LogP contribution in [0.2, 0.25) is 0 Å². The van der Waals surface area contributed by atoms with Gasteiger partial charge >= 0.3 is 12.2 Å². The number of nitrogens with zero attached hydrogens (tertiary/aromatic N) is 2. The highest BCUT2D eigenvalue weighted by Gasteiger charge is 2.26. The van der Waals surface area contributed by atoms with Crippen LogP contribution in [0.15, 0.2) is 29.3 Å². The first-order chi connectivity index (χ1) is 15.7. The van der Waals surface area contributed by atoms with Crippen molar-refractivity contribution in [3.05, 3.63) is 29.4 Å². The van der Waals surface area contributed by atoms with Gasteiger partial charge in [0.15, 0.2) is 0 Å². The lowest BCUT2D eigenvalue weighted by atomic mass is 9.86. The van der Waals surface area contributed by atoms with E-state index >= 15 is 0 Å². The highest BCUT2D eigenvalue weighted by Crippen LogP contribution is 2.41. The molecule has 1 aromatic carbocycles. The van der Waals surface area contributed by atoms with Gasteiger partial charge in [-0.1, -0.05) is 6.07 Å². The van der Waals surface area contributed by atoms with Gasteiger partial charge in [-0.3, -0.25) is 4.90 Å². The van der Waals surface area contributed by atoms with Crippen molar-refractivity contribution in [2.24, 2.45) is 0 Å². The van der Waals surface area contributed by atoms with Crippen molar-refractivity contribution >= 4 is 41.0 Å². The van der Waals surface area contributed by atoms with Crippen molar-refractivity contribution in [1.82, 2.24) is 10.3 Å². The Kier molecular flexibility index (Phi) is 8.64. The Balaban J connectivity index is 1.69. The molecule has 2 N–H and O–H groups in total. The van der Waals surface area contributed by atoms with Crippen LogP contribution in [0.3, 0.4) is 0 Å². The highest BCUT2D eigenvalue weighted by molar-refractivity contribution is 7.98. The number of aromatic nitrogens is 1. The summed E-state index contributed by atoms with van der Waals surface area (Å²) in [6, 6.07) is 5.82. The number of benzene rings is 1. The van der Waals surface area contributed by atoms with Crippen LogP contribution in [0.25, 0.3) is 10.4 Å². The Morgan fingerprint density at radius 1 is 1.21 bits per heavy atom. The molecule has 2 amide bonds. The van der Waals surface area contributed by atoms with Gasteiger partial charge in [-0.15, -0.1) is 23.1 Å². The molecule has 9 heteroatoms. The van der Waals surface area contributed by atoms with Crippen molar-refractivity contribution in [1.29, 1.82) is 0 Å². The van der Waals surface area contributed by atoms with Gasteiger partial charge < -0.3 is 15.2 Å². The third-order valence-electron chi connectivity index (χ3n) is 5.72. The molecule has 7 nitrogen and oxygen atoms in total. The van der Waals surface area contributed by atoms with Crippen molar-refractivity contribution in [2.45, 2.75) is 82.4 Å². The number of amides is 2. The zero-order chi connectivity index (χ0) is 24.1. The van der Waals surface area contributed by atoms with E-state index in [0.717, 1.165) is 46.0 Å². The number of rotatable bonds is 7. The molecule has 0 unspecified atom stereocenters. The van der Waals surface area contributed by atoms with E-state index in [1.165, 1.54) is 4.90 Å². The highest BCUT2D eigenvalue weighted by atomic mass is 32.2. The molecule has 33 heavy (non-hydrogen) atoms. The zero-order valence-electron chi connectivity index (χ0n) is 19.8. The van der Waals surface area contributed by atoms with E-state index in [9.17, 15) is 14.7 Å². The van der Waals surface area contributed by atoms with Crippen LogP contribution in [0.1, 0.15) is 64.3 Å². The third kappa shape index (κ3) is 6.41. The van der Waals surface area contributed by atoms with Gasteiger partial charge in [-0.05, 0) is 71.8 Å². The summed E-state index contributed by atoms with van der Waals surface area (Å²) in [6.07, 6.45) is 6.32. The van der Waals surface area contributed by atoms with Crippen molar-refractivity contribution < 1.29 is 19.4 Å². The van der Waals surface area contributed by atoms with Crippen molar-refractivity contribution in [2.75, 3.05) is 11.2 Å². The predicted molar refractivity (Wildman–Crippen MR) is 135 cm³/mol. The fourth-order valence-electron chi connectivity index (χ4n) is 4.16. The normalized spacial score (nSPS) is 18.4. The number of carbonyl (C=O) groups is 2. The first-order valence-corrected chi connectivity index (χ1v) is 13.4. The van der Waals surface area contributed by atoms with E-state index in [-0.39, 0.29) is 24.3 Å². The molecule has 3 rings (SSSR count). The van der Waals surface area contributed by atoms with Gasteiger partial charge in [-0.25, -0.2) is 14.6 Å². The number of nitrogens with one attached hydrogen (secondary N) is 1. The largest absolute Gasteiger partial charge is 0.465 e. The number of thiazole rings is 1. The Bertz CT molecular complexity index is 968. The second-order valence-corrected chi connectivity index (χ2v) is 10.8. The average Bonchev–Trinajstić information content (AvgIpc) is 3.23. The van der Waals surface area contributed by atoms with Gasteiger partial charge in [0, 0.05) is 40.3 Å². The molecule has 1 aliphatic carbocycles. The first-order valence-electron chi connectivity index (χ1n) is 11.3. The molecule has 1 saturated carbocycles. The van der Waals surface area contributed by atoms with Crippen LogP contribution in [-0.2, 0) is 4.74 Å². The molecule has 0 aliphatic heterocycles. The lowest BCUT2D eigenvalue weighted by Gasteiger charge is -2.28. The number of anilines is 1. The average molecular weight is 492 g/mol. The molecule has 1 aromatic heterocycles. The second kappa shape index (κ2) is 11.2. The minimum atomic E-state index is -0.951. The smallest absolute Gasteiger partial charge is 0.412 e. The molecule has 180 valence electrons. The van der Waals surface area contributed by atoms with Crippen LogP contribution in [0, 0.1) is 0 Å². The number of ether oxygens (including phenoxy) is 1. The Morgan fingerprint density at radius 2 is 1.91 bits per heavy atom. The van der Waals surface area contributed by atoms with E-state index in [2.05, 4.69) is 5.32 Å². The molecule has 0 saturated heterocycles. The molecule has 1 fully saturated rings. The summed E-state index contributed by atoms with van der Waals surface area (Å²) in [5.41, 5.74) is 1.76. The lowest BCUT2D eigenvalue weighted by molar-refractivity contribution is 0.109. The monoisotopic (exact) mass is 491 g/mol. The number of carboxylic acid groups (broad SMARTS) is 1. The summed E-state index contributed by atoms with van der Waals surface area (Å²) in [6.45, 7) is 7.43. The summed E-state index contributed by atoms with van der Waals surface area (Å²) in [5, 5.41) is 13.7. The molecule has 1 heterocycles. The Morgan fingerprint density at radius 3 is 2.48 bits per heavy atom. The van der Waals surface area contributed by atoms with E-state index < -0.39 is 6.09 Å². The number of hydrogen-bond donors (Lipinski definition) is 2. The summed E-state index contributed by atoms with van der Waals surface area (Å²) in [5.74, 6) is 0.392. The molecule has 0 spiro atoms.